The van der Waals surface area contributed by atoms with Crippen LogP contribution in [0.15, 0.2) is 46.9 Å². The smallest absolute Gasteiger partial charge is 0.335 e. The van der Waals surface area contributed by atoms with Crippen LogP contribution in [0.3, 0.4) is 0 Å². The van der Waals surface area contributed by atoms with Gasteiger partial charge in [0.1, 0.15) is 5.52 Å². The molecular weight excluding hydrogens is 290 g/mol. The van der Waals surface area contributed by atoms with Crippen LogP contribution in [0.4, 0.5) is 0 Å². The maximum atomic E-state index is 11.1. The van der Waals surface area contributed by atoms with Gasteiger partial charge in [0.2, 0.25) is 5.89 Å². The van der Waals surface area contributed by atoms with Crippen LogP contribution in [0, 0.1) is 0 Å². The van der Waals surface area contributed by atoms with E-state index in [1.54, 1.807) is 24.3 Å². The Morgan fingerprint density at radius 1 is 1.22 bits per heavy atom. The summed E-state index contributed by atoms with van der Waals surface area (Å²) in [5.74, 6) is -0.524. The summed E-state index contributed by atoms with van der Waals surface area (Å²) >= 11 is 0. The van der Waals surface area contributed by atoms with Crippen molar-refractivity contribution in [3.8, 4) is 11.5 Å². The minimum absolute atomic E-state index is 0.0799. The van der Waals surface area contributed by atoms with Gasteiger partial charge in [-0.3, -0.25) is 0 Å². The van der Waals surface area contributed by atoms with E-state index in [1.807, 2.05) is 12.1 Å². The van der Waals surface area contributed by atoms with Gasteiger partial charge in [0.05, 0.1) is 5.56 Å². The lowest BCUT2D eigenvalue weighted by Gasteiger charge is -2.22. The lowest BCUT2D eigenvalue weighted by Crippen LogP contribution is -2.14. The van der Waals surface area contributed by atoms with Crippen LogP contribution in [-0.4, -0.2) is 16.1 Å². The average molecular weight is 309 g/mol. The molecule has 23 heavy (non-hydrogen) atoms. The maximum absolute atomic E-state index is 11.1. The van der Waals surface area contributed by atoms with Crippen molar-refractivity contribution < 1.29 is 14.3 Å². The second kappa shape index (κ2) is 5.54. The van der Waals surface area contributed by atoms with Gasteiger partial charge in [-0.05, 0) is 47.7 Å². The highest BCUT2D eigenvalue weighted by atomic mass is 16.4. The maximum Gasteiger partial charge on any atom is 0.335 e. The zero-order valence-electron chi connectivity index (χ0n) is 13.5. The third-order valence-corrected chi connectivity index (χ3v) is 4.41. The number of hydrogen-bond donors (Lipinski definition) is 1. The number of carbonyl (C=O) groups is 1. The van der Waals surface area contributed by atoms with Gasteiger partial charge in [0.15, 0.2) is 5.58 Å². The standard InChI is InChI=1S/C19H19NO3/c1-4-19(2,3)14-8-9-16-15(11-14)20-17(23-16)12-6-5-7-13(10-12)18(21)22/h5-11H,4H2,1-3H3,(H,21,22). The average Bonchev–Trinajstić information content (AvgIpc) is 2.98. The summed E-state index contributed by atoms with van der Waals surface area (Å²) in [4.78, 5) is 15.6. The molecule has 0 radical (unpaired) electrons. The molecule has 0 amide bonds. The Hall–Kier alpha value is -2.62. The molecule has 0 aliphatic rings. The van der Waals surface area contributed by atoms with E-state index in [0.717, 1.165) is 11.9 Å². The van der Waals surface area contributed by atoms with Crippen LogP contribution in [0.2, 0.25) is 0 Å². The van der Waals surface area contributed by atoms with Crippen molar-refractivity contribution in [2.75, 3.05) is 0 Å². The highest BCUT2D eigenvalue weighted by molar-refractivity contribution is 5.89. The highest BCUT2D eigenvalue weighted by Crippen LogP contribution is 2.31. The molecule has 3 rings (SSSR count). The normalized spacial score (nSPS) is 11.8. The third-order valence-electron chi connectivity index (χ3n) is 4.41. The van der Waals surface area contributed by atoms with Gasteiger partial charge in [-0.2, -0.15) is 0 Å². The Kier molecular flexibility index (Phi) is 3.68. The lowest BCUT2D eigenvalue weighted by atomic mass is 9.82. The summed E-state index contributed by atoms with van der Waals surface area (Å²) in [6.07, 6.45) is 1.03. The number of aromatic carboxylic acids is 1. The zero-order valence-corrected chi connectivity index (χ0v) is 13.5. The van der Waals surface area contributed by atoms with Crippen molar-refractivity contribution in [1.82, 2.24) is 4.98 Å². The first-order chi connectivity index (χ1) is 10.9. The van der Waals surface area contributed by atoms with E-state index < -0.39 is 5.97 Å². The fourth-order valence-corrected chi connectivity index (χ4v) is 2.46. The fourth-order valence-electron chi connectivity index (χ4n) is 2.46. The van der Waals surface area contributed by atoms with Crippen LogP contribution in [0.5, 0.6) is 0 Å². The number of nitrogens with zero attached hydrogens (tertiary/aromatic N) is 1. The number of fused-ring (bicyclic) bond motifs is 1. The summed E-state index contributed by atoms with van der Waals surface area (Å²) in [6, 6.07) is 12.7. The van der Waals surface area contributed by atoms with Crippen molar-refractivity contribution in [2.45, 2.75) is 32.6 Å². The third kappa shape index (κ3) is 2.84. The molecule has 0 fully saturated rings. The largest absolute Gasteiger partial charge is 0.478 e. The van der Waals surface area contributed by atoms with E-state index in [2.05, 4.69) is 31.8 Å². The summed E-state index contributed by atoms with van der Waals surface area (Å²) in [6.45, 7) is 6.56. The summed E-state index contributed by atoms with van der Waals surface area (Å²) in [7, 11) is 0. The molecule has 0 atom stereocenters. The molecule has 1 aromatic heterocycles. The summed E-state index contributed by atoms with van der Waals surface area (Å²) in [5, 5.41) is 9.10. The highest BCUT2D eigenvalue weighted by Gasteiger charge is 2.19. The molecule has 0 bridgehead atoms. The van der Waals surface area contributed by atoms with Gasteiger partial charge in [0, 0.05) is 5.56 Å². The van der Waals surface area contributed by atoms with Crippen molar-refractivity contribution in [1.29, 1.82) is 0 Å². The van der Waals surface area contributed by atoms with Gasteiger partial charge >= 0.3 is 5.97 Å². The molecule has 3 aromatic rings. The first kappa shape index (κ1) is 15.3. The topological polar surface area (TPSA) is 63.3 Å². The van der Waals surface area contributed by atoms with Crippen molar-refractivity contribution in [2.24, 2.45) is 0 Å². The monoisotopic (exact) mass is 309 g/mol. The number of carboxylic acids is 1. The van der Waals surface area contributed by atoms with E-state index >= 15 is 0 Å². The molecule has 0 spiro atoms. The number of aromatic nitrogens is 1. The molecular formula is C19H19NO3. The molecule has 118 valence electrons. The SMILES string of the molecule is CCC(C)(C)c1ccc2oc(-c3cccc(C(=O)O)c3)nc2c1. The number of benzene rings is 2. The fraction of sp³-hybridized carbons (Fsp3) is 0.263. The van der Waals surface area contributed by atoms with Crippen molar-refractivity contribution in [3.63, 3.8) is 0 Å². The van der Waals surface area contributed by atoms with Crippen LogP contribution >= 0.6 is 0 Å². The molecule has 4 heteroatoms. The Balaban J connectivity index is 2.07. The Morgan fingerprint density at radius 2 is 2.00 bits per heavy atom. The molecule has 4 nitrogen and oxygen atoms in total. The molecule has 0 saturated heterocycles. The van der Waals surface area contributed by atoms with E-state index in [1.165, 1.54) is 5.56 Å². The summed E-state index contributed by atoms with van der Waals surface area (Å²) < 4.78 is 5.79. The van der Waals surface area contributed by atoms with Crippen LogP contribution < -0.4 is 0 Å². The Morgan fingerprint density at radius 3 is 2.70 bits per heavy atom. The molecule has 1 heterocycles. The van der Waals surface area contributed by atoms with Gasteiger partial charge in [-0.25, -0.2) is 9.78 Å². The number of hydrogen-bond acceptors (Lipinski definition) is 3. The molecule has 0 saturated carbocycles. The van der Waals surface area contributed by atoms with E-state index in [0.29, 0.717) is 17.0 Å². The number of carboxylic acid groups (broad SMARTS) is 1. The molecule has 0 aliphatic carbocycles. The summed E-state index contributed by atoms with van der Waals surface area (Å²) in [5.41, 5.74) is 3.68. The van der Waals surface area contributed by atoms with E-state index in [9.17, 15) is 4.79 Å². The van der Waals surface area contributed by atoms with Gasteiger partial charge in [-0.15, -0.1) is 0 Å². The first-order valence-electron chi connectivity index (χ1n) is 7.65. The predicted molar refractivity (Wildman–Crippen MR) is 89.7 cm³/mol. The number of rotatable bonds is 4. The quantitative estimate of drug-likeness (QED) is 0.746. The molecule has 2 aromatic carbocycles. The number of oxazole rings is 1. The lowest BCUT2D eigenvalue weighted by molar-refractivity contribution is 0.0697. The van der Waals surface area contributed by atoms with Crippen LogP contribution in [-0.2, 0) is 5.41 Å². The molecule has 0 unspecified atom stereocenters. The van der Waals surface area contributed by atoms with Gasteiger partial charge < -0.3 is 9.52 Å². The minimum Gasteiger partial charge on any atom is -0.478 e. The van der Waals surface area contributed by atoms with Gasteiger partial charge in [-0.1, -0.05) is 32.9 Å². The zero-order chi connectivity index (χ0) is 16.6. The van der Waals surface area contributed by atoms with E-state index in [4.69, 9.17) is 9.52 Å². The molecule has 1 N–H and O–H groups in total. The van der Waals surface area contributed by atoms with Crippen LogP contribution in [0.1, 0.15) is 43.1 Å². The van der Waals surface area contributed by atoms with Crippen molar-refractivity contribution in [3.05, 3.63) is 53.6 Å². The first-order valence-corrected chi connectivity index (χ1v) is 7.65. The Bertz CT molecular complexity index is 877. The second-order valence-corrected chi connectivity index (χ2v) is 6.32. The minimum atomic E-state index is -0.963. The van der Waals surface area contributed by atoms with E-state index in [-0.39, 0.29) is 11.0 Å². The predicted octanol–water partition coefficient (Wildman–Crippen LogP) is 4.88. The van der Waals surface area contributed by atoms with Gasteiger partial charge in [0.25, 0.3) is 0 Å². The van der Waals surface area contributed by atoms with Crippen molar-refractivity contribution >= 4 is 17.1 Å². The van der Waals surface area contributed by atoms with Crippen LogP contribution in [0.25, 0.3) is 22.6 Å². The Labute approximate surface area is 134 Å². The second-order valence-electron chi connectivity index (χ2n) is 6.32. The molecule has 0 aliphatic heterocycles.